The van der Waals surface area contributed by atoms with Gasteiger partial charge in [0, 0.05) is 36.5 Å². The predicted molar refractivity (Wildman–Crippen MR) is 94.3 cm³/mol. The summed E-state index contributed by atoms with van der Waals surface area (Å²) in [5, 5.41) is 8.68. The van der Waals surface area contributed by atoms with E-state index in [-0.39, 0.29) is 12.4 Å². The molecule has 2 heterocycles. The summed E-state index contributed by atoms with van der Waals surface area (Å²) in [5.74, 6) is 0.727. The van der Waals surface area contributed by atoms with E-state index in [0.29, 0.717) is 12.1 Å². The lowest BCUT2D eigenvalue weighted by molar-refractivity contribution is 0.0526. The monoisotopic (exact) mass is 345 g/mol. The van der Waals surface area contributed by atoms with Crippen molar-refractivity contribution in [1.82, 2.24) is 15.6 Å². The van der Waals surface area contributed by atoms with Crippen LogP contribution >= 0.6 is 23.7 Å². The van der Waals surface area contributed by atoms with E-state index in [2.05, 4.69) is 29.5 Å². The molecule has 1 aromatic rings. The zero-order valence-corrected chi connectivity index (χ0v) is 15.2. The summed E-state index contributed by atoms with van der Waals surface area (Å²) in [6.07, 6.45) is 5.03. The molecule has 1 aromatic heterocycles. The minimum atomic E-state index is 0. The Morgan fingerprint density at radius 2 is 2.23 bits per heavy atom. The Morgan fingerprint density at radius 1 is 1.36 bits per heavy atom. The van der Waals surface area contributed by atoms with Crippen molar-refractivity contribution in [2.45, 2.75) is 51.6 Å². The van der Waals surface area contributed by atoms with Crippen LogP contribution < -0.4 is 10.6 Å². The average Bonchev–Trinajstić information content (AvgIpc) is 3.08. The number of nitrogens with zero attached hydrogens (tertiary/aromatic N) is 1. The fraction of sp³-hybridized carbons (Fsp3) is 0.812. The number of aromatic nitrogens is 1. The summed E-state index contributed by atoms with van der Waals surface area (Å²) >= 11 is 1.84. The van der Waals surface area contributed by atoms with Crippen LogP contribution in [0.1, 0.15) is 34.8 Å². The molecule has 2 N–H and O–H groups in total. The van der Waals surface area contributed by atoms with E-state index < -0.39 is 0 Å². The predicted octanol–water partition coefficient (Wildman–Crippen LogP) is 2.47. The summed E-state index contributed by atoms with van der Waals surface area (Å²) < 4.78 is 5.63. The Balaban J connectivity index is 0.00000176. The molecule has 6 heteroatoms. The summed E-state index contributed by atoms with van der Waals surface area (Å²) in [6.45, 7) is 8.06. The first-order valence-corrected chi connectivity index (χ1v) is 9.03. The minimum absolute atomic E-state index is 0. The number of nitrogens with one attached hydrogen (secondary N) is 2. The van der Waals surface area contributed by atoms with Gasteiger partial charge in [0.25, 0.3) is 0 Å². The minimum Gasteiger partial charge on any atom is -0.379 e. The molecule has 126 valence electrons. The molecule has 1 saturated carbocycles. The molecule has 0 bridgehead atoms. The van der Waals surface area contributed by atoms with Gasteiger partial charge >= 0.3 is 0 Å². The number of halogens is 1. The third-order valence-corrected chi connectivity index (χ3v) is 5.99. The highest BCUT2D eigenvalue weighted by Gasteiger charge is 2.34. The number of hydrogen-bond acceptors (Lipinski definition) is 5. The molecule has 1 aliphatic carbocycles. The highest BCUT2D eigenvalue weighted by molar-refractivity contribution is 7.11. The second kappa shape index (κ2) is 8.60. The van der Waals surface area contributed by atoms with E-state index in [1.54, 1.807) is 0 Å². The topological polar surface area (TPSA) is 46.2 Å². The maximum absolute atomic E-state index is 5.63. The van der Waals surface area contributed by atoms with Crippen molar-refractivity contribution in [1.29, 1.82) is 0 Å². The first-order chi connectivity index (χ1) is 10.2. The molecule has 0 aromatic carbocycles. The lowest BCUT2D eigenvalue weighted by Crippen LogP contribution is -2.51. The van der Waals surface area contributed by atoms with Crippen molar-refractivity contribution in [3.8, 4) is 0 Å². The lowest BCUT2D eigenvalue weighted by atomic mass is 9.94. The molecule has 2 fully saturated rings. The van der Waals surface area contributed by atoms with E-state index in [1.807, 2.05) is 11.3 Å². The van der Waals surface area contributed by atoms with Crippen molar-refractivity contribution in [2.24, 2.45) is 5.92 Å². The van der Waals surface area contributed by atoms with Crippen molar-refractivity contribution >= 4 is 23.7 Å². The number of aryl methyl sites for hydroxylation is 2. The van der Waals surface area contributed by atoms with Gasteiger partial charge in [0.1, 0.15) is 0 Å². The van der Waals surface area contributed by atoms with Gasteiger partial charge in [-0.2, -0.15) is 0 Å². The smallest absolute Gasteiger partial charge is 0.0943 e. The van der Waals surface area contributed by atoms with Crippen LogP contribution in [0.25, 0.3) is 0 Å². The van der Waals surface area contributed by atoms with Gasteiger partial charge in [-0.15, -0.1) is 23.7 Å². The highest BCUT2D eigenvalue weighted by atomic mass is 35.5. The second-order valence-corrected chi connectivity index (χ2v) is 7.58. The fourth-order valence-corrected chi connectivity index (χ4v) is 4.53. The van der Waals surface area contributed by atoms with Crippen molar-refractivity contribution < 1.29 is 4.74 Å². The zero-order valence-electron chi connectivity index (χ0n) is 13.6. The van der Waals surface area contributed by atoms with Crippen LogP contribution in [0.2, 0.25) is 0 Å². The molecule has 0 spiro atoms. The van der Waals surface area contributed by atoms with Gasteiger partial charge in [-0.3, -0.25) is 0 Å². The molecule has 2 aliphatic rings. The SMILES string of the molecule is Cc1nc(CCNC2CCCC2C2COCCN2)sc1C.Cl. The van der Waals surface area contributed by atoms with Crippen LogP contribution in [0.4, 0.5) is 0 Å². The van der Waals surface area contributed by atoms with Crippen LogP contribution in [0, 0.1) is 19.8 Å². The first kappa shape index (κ1) is 18.1. The van der Waals surface area contributed by atoms with Gasteiger partial charge in [-0.1, -0.05) is 6.42 Å². The van der Waals surface area contributed by atoms with Crippen molar-refractivity contribution in [3.05, 3.63) is 15.6 Å². The molecule has 1 aliphatic heterocycles. The van der Waals surface area contributed by atoms with Gasteiger partial charge in [0.05, 0.1) is 23.9 Å². The third kappa shape index (κ3) is 4.42. The molecule has 22 heavy (non-hydrogen) atoms. The number of thiazole rings is 1. The van der Waals surface area contributed by atoms with Crippen LogP contribution in [0.5, 0.6) is 0 Å². The van der Waals surface area contributed by atoms with E-state index in [9.17, 15) is 0 Å². The summed E-state index contributed by atoms with van der Waals surface area (Å²) in [7, 11) is 0. The second-order valence-electron chi connectivity index (χ2n) is 6.29. The third-order valence-electron chi connectivity index (χ3n) is 4.85. The molecule has 3 rings (SSSR count). The highest BCUT2D eigenvalue weighted by Crippen LogP contribution is 2.29. The lowest BCUT2D eigenvalue weighted by Gasteiger charge is -2.33. The van der Waals surface area contributed by atoms with Gasteiger partial charge < -0.3 is 15.4 Å². The van der Waals surface area contributed by atoms with E-state index in [0.717, 1.165) is 38.6 Å². The summed E-state index contributed by atoms with van der Waals surface area (Å²) in [4.78, 5) is 5.98. The van der Waals surface area contributed by atoms with Gasteiger partial charge in [-0.25, -0.2) is 4.98 Å². The van der Waals surface area contributed by atoms with Crippen LogP contribution in [-0.4, -0.2) is 43.4 Å². The number of rotatable bonds is 5. The Bertz CT molecular complexity index is 443. The largest absolute Gasteiger partial charge is 0.379 e. The zero-order chi connectivity index (χ0) is 14.7. The number of morpholine rings is 1. The molecule has 3 atom stereocenters. The maximum Gasteiger partial charge on any atom is 0.0943 e. The van der Waals surface area contributed by atoms with E-state index in [1.165, 1.54) is 34.8 Å². The molecule has 3 unspecified atom stereocenters. The Hall–Kier alpha value is -0.200. The number of hydrogen-bond donors (Lipinski definition) is 2. The molecular formula is C16H28ClN3OS. The Labute approximate surface area is 143 Å². The van der Waals surface area contributed by atoms with Gasteiger partial charge in [-0.05, 0) is 32.6 Å². The molecule has 1 saturated heterocycles. The average molecular weight is 346 g/mol. The van der Waals surface area contributed by atoms with Crippen LogP contribution in [0.15, 0.2) is 0 Å². The Morgan fingerprint density at radius 3 is 2.91 bits per heavy atom. The quantitative estimate of drug-likeness (QED) is 0.860. The number of ether oxygens (including phenoxy) is 1. The van der Waals surface area contributed by atoms with Crippen LogP contribution in [-0.2, 0) is 11.2 Å². The van der Waals surface area contributed by atoms with Crippen LogP contribution in [0.3, 0.4) is 0 Å². The summed E-state index contributed by atoms with van der Waals surface area (Å²) in [5.41, 5.74) is 1.19. The van der Waals surface area contributed by atoms with Crippen molar-refractivity contribution in [3.63, 3.8) is 0 Å². The standard InChI is InChI=1S/C16H27N3OS.ClH/c1-11-12(2)21-16(19-11)6-7-17-14-5-3-4-13(14)15-10-20-9-8-18-15;/h13-15,17-18H,3-10H2,1-2H3;1H. The van der Waals surface area contributed by atoms with E-state index >= 15 is 0 Å². The molecule has 0 amide bonds. The van der Waals surface area contributed by atoms with Gasteiger partial charge in [0.2, 0.25) is 0 Å². The Kier molecular flexibility index (Phi) is 7.09. The van der Waals surface area contributed by atoms with Gasteiger partial charge in [0.15, 0.2) is 0 Å². The normalized spacial score (nSPS) is 28.5. The molecular weight excluding hydrogens is 318 g/mol. The van der Waals surface area contributed by atoms with Crippen molar-refractivity contribution in [2.75, 3.05) is 26.3 Å². The molecule has 0 radical (unpaired) electrons. The first-order valence-electron chi connectivity index (χ1n) is 8.21. The fourth-order valence-electron chi connectivity index (χ4n) is 3.60. The maximum atomic E-state index is 5.63. The summed E-state index contributed by atoms with van der Waals surface area (Å²) in [6, 6.07) is 1.19. The molecule has 4 nitrogen and oxygen atoms in total. The van der Waals surface area contributed by atoms with E-state index in [4.69, 9.17) is 4.74 Å².